The van der Waals surface area contributed by atoms with E-state index >= 15 is 0 Å². The van der Waals surface area contributed by atoms with E-state index in [1.807, 2.05) is 0 Å². The van der Waals surface area contributed by atoms with Crippen LogP contribution >= 0.6 is 0 Å². The van der Waals surface area contributed by atoms with Gasteiger partial charge in [0.2, 0.25) is 5.91 Å². The molecule has 1 aromatic carbocycles. The van der Waals surface area contributed by atoms with Crippen LogP contribution in [0.3, 0.4) is 0 Å². The number of piperidine rings is 1. The smallest absolute Gasteiger partial charge is 0.360 e. The van der Waals surface area contributed by atoms with Crippen molar-refractivity contribution >= 4 is 17.6 Å². The van der Waals surface area contributed by atoms with E-state index in [0.29, 0.717) is 37.5 Å². The van der Waals surface area contributed by atoms with E-state index in [2.05, 4.69) is 10.5 Å². The highest BCUT2D eigenvalue weighted by Crippen LogP contribution is 2.30. The number of likely N-dealkylation sites (tertiary alicyclic amines) is 1. The summed E-state index contributed by atoms with van der Waals surface area (Å²) in [6, 6.07) is 5.97. The van der Waals surface area contributed by atoms with Crippen LogP contribution in [0.4, 0.5) is 19.0 Å². The monoisotopic (exact) mass is 381 g/mol. The van der Waals surface area contributed by atoms with Gasteiger partial charge in [-0.2, -0.15) is 13.2 Å². The number of alkyl halides is 3. The Morgan fingerprint density at radius 1 is 1.22 bits per heavy atom. The normalized spacial score (nSPS) is 15.6. The van der Waals surface area contributed by atoms with Crippen molar-refractivity contribution in [3.05, 3.63) is 47.2 Å². The lowest BCUT2D eigenvalue weighted by molar-refractivity contribution is -0.137. The van der Waals surface area contributed by atoms with Crippen LogP contribution in [-0.4, -0.2) is 35.0 Å². The van der Waals surface area contributed by atoms with Crippen molar-refractivity contribution in [2.45, 2.75) is 25.9 Å². The van der Waals surface area contributed by atoms with Gasteiger partial charge >= 0.3 is 6.18 Å². The van der Waals surface area contributed by atoms with Crippen molar-refractivity contribution in [1.82, 2.24) is 10.1 Å². The standard InChI is InChI=1S/C18H18F3N3O3/c1-11-9-15(23-27-11)22-16(25)12-5-7-24(8-6-12)17(26)13-3-2-4-14(10-13)18(19,20)21/h2-4,9-10,12H,5-8H2,1H3,(H,22,23,25). The van der Waals surface area contributed by atoms with Gasteiger partial charge in [0.25, 0.3) is 5.91 Å². The van der Waals surface area contributed by atoms with Crippen molar-refractivity contribution < 1.29 is 27.3 Å². The topological polar surface area (TPSA) is 75.4 Å². The molecule has 144 valence electrons. The van der Waals surface area contributed by atoms with Gasteiger partial charge in [-0.25, -0.2) is 0 Å². The molecule has 1 fully saturated rings. The number of halogens is 3. The Labute approximate surface area is 153 Å². The fourth-order valence-electron chi connectivity index (χ4n) is 3.01. The van der Waals surface area contributed by atoms with Gasteiger partial charge in [-0.3, -0.25) is 9.59 Å². The second-order valence-electron chi connectivity index (χ2n) is 6.46. The third kappa shape index (κ3) is 4.47. The summed E-state index contributed by atoms with van der Waals surface area (Å²) in [6.07, 6.45) is -3.65. The van der Waals surface area contributed by atoms with Crippen LogP contribution in [0.15, 0.2) is 34.9 Å². The minimum absolute atomic E-state index is 0.00852. The van der Waals surface area contributed by atoms with Gasteiger partial charge in [-0.15, -0.1) is 0 Å². The molecule has 2 amide bonds. The SMILES string of the molecule is Cc1cc(NC(=O)C2CCN(C(=O)c3cccc(C(F)(F)F)c3)CC2)no1. The van der Waals surface area contributed by atoms with E-state index in [1.165, 1.54) is 17.0 Å². The molecule has 6 nitrogen and oxygen atoms in total. The van der Waals surface area contributed by atoms with Gasteiger partial charge in [0.1, 0.15) is 5.76 Å². The number of carbonyl (C=O) groups is 2. The highest BCUT2D eigenvalue weighted by molar-refractivity contribution is 5.95. The minimum atomic E-state index is -4.50. The zero-order chi connectivity index (χ0) is 19.6. The summed E-state index contributed by atoms with van der Waals surface area (Å²) in [5, 5.41) is 6.36. The zero-order valence-electron chi connectivity index (χ0n) is 14.5. The molecule has 0 saturated carbocycles. The molecule has 2 heterocycles. The molecule has 0 radical (unpaired) electrons. The summed E-state index contributed by atoms with van der Waals surface area (Å²) < 4.78 is 43.3. The second kappa shape index (κ2) is 7.42. The van der Waals surface area contributed by atoms with Crippen LogP contribution < -0.4 is 5.32 Å². The fourth-order valence-corrected chi connectivity index (χ4v) is 3.01. The number of aryl methyl sites for hydroxylation is 1. The minimum Gasteiger partial charge on any atom is -0.360 e. The van der Waals surface area contributed by atoms with Gasteiger partial charge in [-0.1, -0.05) is 11.2 Å². The van der Waals surface area contributed by atoms with Crippen molar-refractivity contribution in [3.8, 4) is 0 Å². The summed E-state index contributed by atoms with van der Waals surface area (Å²) in [5.41, 5.74) is -0.865. The van der Waals surface area contributed by atoms with Crippen LogP contribution in [0, 0.1) is 12.8 Å². The highest BCUT2D eigenvalue weighted by atomic mass is 19.4. The fraction of sp³-hybridized carbons (Fsp3) is 0.389. The van der Waals surface area contributed by atoms with E-state index in [0.717, 1.165) is 12.1 Å². The van der Waals surface area contributed by atoms with E-state index < -0.39 is 17.6 Å². The Bertz CT molecular complexity index is 840. The molecule has 0 atom stereocenters. The predicted molar refractivity (Wildman–Crippen MR) is 89.9 cm³/mol. The molecule has 0 aliphatic carbocycles. The van der Waals surface area contributed by atoms with E-state index in [4.69, 9.17) is 4.52 Å². The second-order valence-corrected chi connectivity index (χ2v) is 6.46. The summed E-state index contributed by atoms with van der Waals surface area (Å²) in [4.78, 5) is 26.2. The Hall–Kier alpha value is -2.84. The molecule has 3 rings (SSSR count). The average Bonchev–Trinajstić information content (AvgIpc) is 3.05. The molecular formula is C18H18F3N3O3. The number of hydrogen-bond donors (Lipinski definition) is 1. The first kappa shape index (κ1) is 18.9. The largest absolute Gasteiger partial charge is 0.416 e. The van der Waals surface area contributed by atoms with Crippen LogP contribution in [0.2, 0.25) is 0 Å². The number of nitrogens with one attached hydrogen (secondary N) is 1. The van der Waals surface area contributed by atoms with Gasteiger partial charge in [0.05, 0.1) is 5.56 Å². The van der Waals surface area contributed by atoms with E-state index in [1.54, 1.807) is 13.0 Å². The molecule has 1 N–H and O–H groups in total. The molecule has 1 aliphatic heterocycles. The Morgan fingerprint density at radius 3 is 2.52 bits per heavy atom. The number of carbonyl (C=O) groups excluding carboxylic acids is 2. The maximum Gasteiger partial charge on any atom is 0.416 e. The lowest BCUT2D eigenvalue weighted by atomic mass is 9.95. The molecule has 1 saturated heterocycles. The predicted octanol–water partition coefficient (Wildman–Crippen LogP) is 3.49. The van der Waals surface area contributed by atoms with Gasteiger partial charge in [0.15, 0.2) is 5.82 Å². The summed E-state index contributed by atoms with van der Waals surface area (Å²) in [7, 11) is 0. The lowest BCUT2D eigenvalue weighted by Crippen LogP contribution is -2.41. The maximum atomic E-state index is 12.8. The van der Waals surface area contributed by atoms with Crippen LogP contribution in [-0.2, 0) is 11.0 Å². The molecular weight excluding hydrogens is 363 g/mol. The van der Waals surface area contributed by atoms with Crippen molar-refractivity contribution in [2.75, 3.05) is 18.4 Å². The molecule has 1 aliphatic rings. The number of amides is 2. The third-order valence-corrected chi connectivity index (χ3v) is 4.47. The highest BCUT2D eigenvalue weighted by Gasteiger charge is 2.32. The van der Waals surface area contributed by atoms with Gasteiger partial charge in [-0.05, 0) is 38.0 Å². The van der Waals surface area contributed by atoms with E-state index in [9.17, 15) is 22.8 Å². The third-order valence-electron chi connectivity index (χ3n) is 4.47. The number of anilines is 1. The summed E-state index contributed by atoms with van der Waals surface area (Å²) >= 11 is 0. The number of nitrogens with zero attached hydrogens (tertiary/aromatic N) is 2. The van der Waals surface area contributed by atoms with Crippen LogP contribution in [0.25, 0.3) is 0 Å². The average molecular weight is 381 g/mol. The van der Waals surface area contributed by atoms with Crippen LogP contribution in [0.5, 0.6) is 0 Å². The number of benzene rings is 1. The maximum absolute atomic E-state index is 12.8. The van der Waals surface area contributed by atoms with Gasteiger partial charge in [0, 0.05) is 30.6 Å². The zero-order valence-corrected chi connectivity index (χ0v) is 14.5. The summed E-state index contributed by atoms with van der Waals surface area (Å²) in [5.74, 6) is -0.0686. The lowest BCUT2D eigenvalue weighted by Gasteiger charge is -2.31. The van der Waals surface area contributed by atoms with Crippen molar-refractivity contribution in [2.24, 2.45) is 5.92 Å². The molecule has 2 aromatic rings. The first-order chi connectivity index (χ1) is 12.7. The number of aromatic nitrogens is 1. The molecule has 0 bridgehead atoms. The molecule has 1 aromatic heterocycles. The molecule has 27 heavy (non-hydrogen) atoms. The number of hydrogen-bond acceptors (Lipinski definition) is 4. The van der Waals surface area contributed by atoms with Crippen molar-refractivity contribution in [3.63, 3.8) is 0 Å². The Morgan fingerprint density at radius 2 is 1.93 bits per heavy atom. The summed E-state index contributed by atoms with van der Waals surface area (Å²) in [6.45, 7) is 2.30. The number of rotatable bonds is 3. The Kier molecular flexibility index (Phi) is 5.20. The molecule has 9 heteroatoms. The van der Waals surface area contributed by atoms with E-state index in [-0.39, 0.29) is 17.4 Å². The quantitative estimate of drug-likeness (QED) is 0.883. The molecule has 0 unspecified atom stereocenters. The van der Waals surface area contributed by atoms with Crippen LogP contribution in [0.1, 0.15) is 34.5 Å². The Balaban J connectivity index is 1.58. The first-order valence-electron chi connectivity index (χ1n) is 8.45. The first-order valence-corrected chi connectivity index (χ1v) is 8.45. The molecule has 0 spiro atoms. The van der Waals surface area contributed by atoms with Crippen molar-refractivity contribution in [1.29, 1.82) is 0 Å². The van der Waals surface area contributed by atoms with Gasteiger partial charge < -0.3 is 14.7 Å².